The summed E-state index contributed by atoms with van der Waals surface area (Å²) in [5, 5.41) is -0.284. The van der Waals surface area contributed by atoms with Crippen molar-refractivity contribution < 1.29 is 28.5 Å². The molecule has 0 unspecified atom stereocenters. The third-order valence-corrected chi connectivity index (χ3v) is 5.18. The number of hydrogen-bond donors (Lipinski definition) is 0. The van der Waals surface area contributed by atoms with Crippen molar-refractivity contribution in [2.45, 2.75) is 57.5 Å². The van der Waals surface area contributed by atoms with Crippen LogP contribution in [0.4, 0.5) is 0 Å². The van der Waals surface area contributed by atoms with Gasteiger partial charge in [0.25, 0.3) is 0 Å². The average molecular weight is 382 g/mol. The molecule has 0 saturated carbocycles. The highest BCUT2D eigenvalue weighted by molar-refractivity contribution is 7.99. The molecular formula is C19H26O6S. The second kappa shape index (κ2) is 9.94. The molecule has 1 aliphatic heterocycles. The minimum Gasteiger partial charge on any atom is -0.457 e. The van der Waals surface area contributed by atoms with Gasteiger partial charge in [0.15, 0.2) is 18.5 Å². The van der Waals surface area contributed by atoms with Crippen LogP contribution in [0.5, 0.6) is 0 Å². The molecule has 6 nitrogen and oxygen atoms in total. The van der Waals surface area contributed by atoms with Gasteiger partial charge in [0.2, 0.25) is 0 Å². The highest BCUT2D eigenvalue weighted by atomic mass is 32.2. The minimum absolute atomic E-state index is 0.284. The van der Waals surface area contributed by atoms with Gasteiger partial charge in [0.05, 0.1) is 16.9 Å². The first-order valence-electron chi connectivity index (χ1n) is 8.79. The summed E-state index contributed by atoms with van der Waals surface area (Å²) in [7, 11) is 0. The molecule has 1 fully saturated rings. The molecule has 144 valence electrons. The lowest BCUT2D eigenvalue weighted by Crippen LogP contribution is -2.59. The van der Waals surface area contributed by atoms with Crippen molar-refractivity contribution in [3.05, 3.63) is 35.9 Å². The molecular weight excluding hydrogens is 356 g/mol. The van der Waals surface area contributed by atoms with Gasteiger partial charge in [0, 0.05) is 13.5 Å². The maximum Gasteiger partial charge on any atom is 0.338 e. The lowest BCUT2D eigenvalue weighted by atomic mass is 10.0. The van der Waals surface area contributed by atoms with Crippen LogP contribution in [0.3, 0.4) is 0 Å². The molecule has 0 N–H and O–H groups in total. The summed E-state index contributed by atoms with van der Waals surface area (Å²) in [5.41, 5.74) is 0.438. The Labute approximate surface area is 158 Å². The van der Waals surface area contributed by atoms with E-state index in [1.165, 1.54) is 6.92 Å². The first kappa shape index (κ1) is 20.7. The summed E-state index contributed by atoms with van der Waals surface area (Å²) in [6, 6.07) is 8.71. The highest BCUT2D eigenvalue weighted by Gasteiger charge is 2.49. The third-order valence-electron chi connectivity index (χ3n) is 3.97. The molecule has 1 saturated heterocycles. The Morgan fingerprint density at radius 2 is 1.81 bits per heavy atom. The molecule has 0 radical (unpaired) electrons. The first-order chi connectivity index (χ1) is 12.5. The number of thioether (sulfide) groups is 1. The van der Waals surface area contributed by atoms with Crippen LogP contribution in [-0.4, -0.2) is 54.2 Å². The van der Waals surface area contributed by atoms with Gasteiger partial charge in [-0.3, -0.25) is 4.79 Å². The Morgan fingerprint density at radius 3 is 2.38 bits per heavy atom. The number of ether oxygens (including phenoxy) is 4. The lowest BCUT2D eigenvalue weighted by Gasteiger charge is -2.43. The van der Waals surface area contributed by atoms with E-state index in [-0.39, 0.29) is 5.25 Å². The molecule has 0 spiro atoms. The van der Waals surface area contributed by atoms with E-state index < -0.39 is 36.5 Å². The zero-order valence-electron chi connectivity index (χ0n) is 15.5. The van der Waals surface area contributed by atoms with Crippen LogP contribution < -0.4 is 0 Å². The van der Waals surface area contributed by atoms with Gasteiger partial charge in [-0.05, 0) is 31.7 Å². The molecule has 5 atom stereocenters. The van der Waals surface area contributed by atoms with Crippen LogP contribution in [-0.2, 0) is 23.7 Å². The second-order valence-electron chi connectivity index (χ2n) is 5.89. The summed E-state index contributed by atoms with van der Waals surface area (Å²) < 4.78 is 22.9. The molecule has 1 aromatic rings. The van der Waals surface area contributed by atoms with Crippen molar-refractivity contribution in [2.24, 2.45) is 0 Å². The standard InChI is InChI=1S/C19H26O6S/c1-5-22-19-17(26-6-2)16(24-13(4)20)15(12(3)23-19)25-18(21)14-10-8-7-9-11-14/h7-12,15-17,19H,5-6H2,1-4H3/t12-,15-,16+,17-,19-/m0/s1. The fourth-order valence-electron chi connectivity index (χ4n) is 2.89. The Hall–Kier alpha value is -1.57. The summed E-state index contributed by atoms with van der Waals surface area (Å²) >= 11 is 1.56. The molecule has 0 bridgehead atoms. The predicted molar refractivity (Wildman–Crippen MR) is 99.1 cm³/mol. The number of rotatable bonds is 7. The van der Waals surface area contributed by atoms with Crippen molar-refractivity contribution in [1.82, 2.24) is 0 Å². The topological polar surface area (TPSA) is 71.1 Å². The number of carbonyl (C=O) groups excluding carboxylic acids is 2. The molecule has 0 aliphatic carbocycles. The van der Waals surface area contributed by atoms with Gasteiger partial charge in [-0.25, -0.2) is 4.79 Å². The largest absolute Gasteiger partial charge is 0.457 e. The molecule has 7 heteroatoms. The smallest absolute Gasteiger partial charge is 0.338 e. The van der Waals surface area contributed by atoms with Crippen LogP contribution >= 0.6 is 11.8 Å². The Morgan fingerprint density at radius 1 is 1.12 bits per heavy atom. The van der Waals surface area contributed by atoms with Gasteiger partial charge in [-0.15, -0.1) is 11.8 Å². The van der Waals surface area contributed by atoms with Crippen LogP contribution in [0.1, 0.15) is 38.1 Å². The van der Waals surface area contributed by atoms with Crippen LogP contribution in [0.2, 0.25) is 0 Å². The van der Waals surface area contributed by atoms with Crippen molar-refractivity contribution in [3.8, 4) is 0 Å². The van der Waals surface area contributed by atoms with Gasteiger partial charge in [-0.1, -0.05) is 25.1 Å². The van der Waals surface area contributed by atoms with Gasteiger partial charge < -0.3 is 18.9 Å². The van der Waals surface area contributed by atoms with E-state index in [1.807, 2.05) is 19.9 Å². The molecule has 1 aromatic carbocycles. The van der Waals surface area contributed by atoms with Crippen LogP contribution in [0.15, 0.2) is 30.3 Å². The van der Waals surface area contributed by atoms with Gasteiger partial charge >= 0.3 is 11.9 Å². The van der Waals surface area contributed by atoms with Crippen molar-refractivity contribution in [1.29, 1.82) is 0 Å². The molecule has 26 heavy (non-hydrogen) atoms. The Bertz CT molecular complexity index is 593. The van der Waals surface area contributed by atoms with E-state index in [0.29, 0.717) is 12.2 Å². The minimum atomic E-state index is -0.715. The fraction of sp³-hybridized carbons (Fsp3) is 0.579. The van der Waals surface area contributed by atoms with E-state index in [0.717, 1.165) is 5.75 Å². The van der Waals surface area contributed by atoms with Crippen LogP contribution in [0, 0.1) is 0 Å². The number of carbonyl (C=O) groups is 2. The maximum absolute atomic E-state index is 12.5. The molecule has 1 heterocycles. The SMILES string of the molecule is CCO[C@H]1O[C@@H](C)[C@H](OC(=O)c2ccccc2)[C@@H](OC(C)=O)[C@@H]1SCC. The van der Waals surface area contributed by atoms with Crippen LogP contribution in [0.25, 0.3) is 0 Å². The van der Waals surface area contributed by atoms with Gasteiger partial charge in [-0.2, -0.15) is 0 Å². The third kappa shape index (κ3) is 5.22. The van der Waals surface area contributed by atoms with E-state index in [2.05, 4.69) is 0 Å². The average Bonchev–Trinajstić information content (AvgIpc) is 2.61. The maximum atomic E-state index is 12.5. The molecule has 2 rings (SSSR count). The molecule has 0 aromatic heterocycles. The summed E-state index contributed by atoms with van der Waals surface area (Å²) in [5.74, 6) is -0.122. The predicted octanol–water partition coefficient (Wildman–Crippen LogP) is 3.05. The van der Waals surface area contributed by atoms with Crippen molar-refractivity contribution in [2.75, 3.05) is 12.4 Å². The number of hydrogen-bond acceptors (Lipinski definition) is 7. The summed E-state index contributed by atoms with van der Waals surface area (Å²) in [4.78, 5) is 24.2. The van der Waals surface area contributed by atoms with Crippen molar-refractivity contribution in [3.63, 3.8) is 0 Å². The van der Waals surface area contributed by atoms with Crippen molar-refractivity contribution >= 4 is 23.7 Å². The van der Waals surface area contributed by atoms with E-state index in [1.54, 1.807) is 43.0 Å². The molecule has 1 aliphatic rings. The number of benzene rings is 1. The van der Waals surface area contributed by atoms with E-state index in [9.17, 15) is 9.59 Å². The van der Waals surface area contributed by atoms with Gasteiger partial charge in [0.1, 0.15) is 0 Å². The monoisotopic (exact) mass is 382 g/mol. The zero-order valence-corrected chi connectivity index (χ0v) is 16.4. The van der Waals surface area contributed by atoms with E-state index >= 15 is 0 Å². The first-order valence-corrected chi connectivity index (χ1v) is 9.84. The molecule has 0 amide bonds. The Kier molecular flexibility index (Phi) is 7.93. The lowest BCUT2D eigenvalue weighted by molar-refractivity contribution is -0.244. The summed E-state index contributed by atoms with van der Waals surface area (Å²) in [6.45, 7) is 7.49. The van der Waals surface area contributed by atoms with E-state index in [4.69, 9.17) is 18.9 Å². The normalized spacial score (nSPS) is 28.4. The summed E-state index contributed by atoms with van der Waals surface area (Å²) in [6.07, 6.45) is -2.37. The fourth-order valence-corrected chi connectivity index (χ4v) is 3.98. The number of esters is 2. The Balaban J connectivity index is 2.25. The zero-order chi connectivity index (χ0) is 19.1. The quantitative estimate of drug-likeness (QED) is 0.671. The highest BCUT2D eigenvalue weighted by Crippen LogP contribution is 2.34. The second-order valence-corrected chi connectivity index (χ2v) is 7.35.